The molecule has 284 valence electrons. The topological polar surface area (TPSA) is 156 Å². The summed E-state index contributed by atoms with van der Waals surface area (Å²) >= 11 is 0. The Labute approximate surface area is 315 Å². The summed E-state index contributed by atoms with van der Waals surface area (Å²) in [6, 6.07) is 30.0. The van der Waals surface area contributed by atoms with E-state index in [0.29, 0.717) is 6.54 Å². The Kier molecular flexibility index (Phi) is 12.9. The lowest BCUT2D eigenvalue weighted by Crippen LogP contribution is -2.51. The molecule has 2 amide bonds. The number of urea groups is 1. The number of aliphatic hydroxyl groups excluding tert-OH is 1. The van der Waals surface area contributed by atoms with E-state index in [-0.39, 0.29) is 55.0 Å². The average Bonchev–Trinajstić information content (AvgIpc) is 3.20. The van der Waals surface area contributed by atoms with Gasteiger partial charge in [-0.2, -0.15) is 0 Å². The van der Waals surface area contributed by atoms with Crippen LogP contribution in [0.3, 0.4) is 0 Å². The number of hydrogen-bond acceptors (Lipinski definition) is 10. The number of nitrogens with one attached hydrogen (secondary N) is 2. The van der Waals surface area contributed by atoms with Gasteiger partial charge in [0.05, 0.1) is 30.3 Å². The second-order valence-electron chi connectivity index (χ2n) is 13.5. The summed E-state index contributed by atoms with van der Waals surface area (Å²) in [5.41, 5.74) is 6.63. The maximum atomic E-state index is 12.3. The second kappa shape index (κ2) is 18.1. The monoisotopic (exact) mass is 737 g/mol. The molecule has 3 N–H and O–H groups in total. The Bertz CT molecular complexity index is 1860. The fourth-order valence-electron chi connectivity index (χ4n) is 6.93. The van der Waals surface area contributed by atoms with Crippen LogP contribution in [0.15, 0.2) is 97.1 Å². The van der Waals surface area contributed by atoms with Gasteiger partial charge in [0.1, 0.15) is 6.54 Å². The van der Waals surface area contributed by atoms with E-state index in [2.05, 4.69) is 27.4 Å². The van der Waals surface area contributed by atoms with Crippen molar-refractivity contribution in [2.75, 3.05) is 50.8 Å². The number of benzene rings is 4. The fraction of sp³-hybridized carbons (Fsp3) is 0.366. The van der Waals surface area contributed by atoms with Gasteiger partial charge in [0.25, 0.3) is 5.69 Å². The molecule has 2 aliphatic heterocycles. The molecule has 2 aliphatic rings. The highest BCUT2D eigenvalue weighted by atomic mass is 16.7. The van der Waals surface area contributed by atoms with Gasteiger partial charge in [-0.15, -0.1) is 0 Å². The number of amides is 2. The quantitative estimate of drug-likeness (QED) is 0.0881. The van der Waals surface area contributed by atoms with Gasteiger partial charge in [-0.3, -0.25) is 19.8 Å². The molecule has 4 atom stereocenters. The normalized spacial score (nSPS) is 20.2. The van der Waals surface area contributed by atoms with Gasteiger partial charge in [0.2, 0.25) is 0 Å². The van der Waals surface area contributed by atoms with Gasteiger partial charge in [0, 0.05) is 68.6 Å². The van der Waals surface area contributed by atoms with Crippen LogP contribution in [0.4, 0.5) is 16.2 Å². The molecule has 0 spiro atoms. The molecule has 0 unspecified atom stereocenters. The number of carbonyl (C=O) groups is 2. The molecule has 4 aromatic rings. The summed E-state index contributed by atoms with van der Waals surface area (Å²) in [6.45, 7) is 8.09. The van der Waals surface area contributed by atoms with Gasteiger partial charge < -0.3 is 34.9 Å². The molecule has 0 radical (unpaired) electrons. The Morgan fingerprint density at radius 1 is 0.889 bits per heavy atom. The number of non-ortho nitro benzene ring substituents is 1. The molecule has 13 nitrogen and oxygen atoms in total. The van der Waals surface area contributed by atoms with Gasteiger partial charge in [-0.1, -0.05) is 79.7 Å². The number of hydrogen-bond donors (Lipinski definition) is 3. The molecule has 0 bridgehead atoms. The minimum absolute atomic E-state index is 0.0297. The van der Waals surface area contributed by atoms with Gasteiger partial charge in [-0.25, -0.2) is 4.79 Å². The predicted octanol–water partition coefficient (Wildman–Crippen LogP) is 5.73. The molecule has 54 heavy (non-hydrogen) atoms. The Balaban J connectivity index is 1.14. The molecule has 4 aromatic carbocycles. The Hall–Kier alpha value is -5.34. The maximum absolute atomic E-state index is 12.3. The van der Waals surface area contributed by atoms with Crippen molar-refractivity contribution in [1.29, 1.82) is 0 Å². The van der Waals surface area contributed by atoms with Crippen LogP contribution in [0.5, 0.6) is 0 Å². The van der Waals surface area contributed by atoms with Crippen molar-refractivity contribution in [1.82, 2.24) is 15.5 Å². The van der Waals surface area contributed by atoms with E-state index >= 15 is 0 Å². The highest BCUT2D eigenvalue weighted by molar-refractivity contribution is 5.81. The molecule has 0 aliphatic carbocycles. The lowest BCUT2D eigenvalue weighted by molar-refractivity contribution is -0.384. The van der Waals surface area contributed by atoms with E-state index in [1.165, 1.54) is 0 Å². The van der Waals surface area contributed by atoms with Crippen LogP contribution in [0.25, 0.3) is 11.1 Å². The standard InChI is InChI=1S/C41H47N5O8/c1-3-52-38(48)25-43-41(49)42-24-33-6-4-5-7-36(33)30-12-14-32(15-13-30)40-53-37(28(2)39(54-40)31-10-8-29(27-47)9-11-31)26-44-20-22-45(23-21-44)34-16-18-35(19-17-34)46(50)51/h4-19,28,37,39-40,47H,3,20-27H2,1-2H3,(H2,42,43,49)/t28-,37+,39+,40+/m0/s1. The second-order valence-corrected chi connectivity index (χ2v) is 13.5. The molecule has 2 fully saturated rings. The smallest absolute Gasteiger partial charge is 0.325 e. The largest absolute Gasteiger partial charge is 0.465 e. The molecule has 0 aromatic heterocycles. The number of nitrogens with zero attached hydrogens (tertiary/aromatic N) is 3. The van der Waals surface area contributed by atoms with Crippen molar-refractivity contribution in [3.63, 3.8) is 0 Å². The van der Waals surface area contributed by atoms with E-state index in [9.17, 15) is 24.8 Å². The summed E-state index contributed by atoms with van der Waals surface area (Å²) in [6.07, 6.45) is -1.01. The van der Waals surface area contributed by atoms with Crippen molar-refractivity contribution < 1.29 is 33.8 Å². The third kappa shape index (κ3) is 9.60. The SMILES string of the molecule is CCOC(=O)CNC(=O)NCc1ccccc1-c1ccc([C@@H]2O[C@H](CN3CCN(c4ccc([N+](=O)[O-])cc4)CC3)[C@H](C)[C@H](c3ccc(CO)cc3)O2)cc1. The first-order valence-corrected chi connectivity index (χ1v) is 18.3. The maximum Gasteiger partial charge on any atom is 0.325 e. The van der Waals surface area contributed by atoms with Crippen LogP contribution in [-0.2, 0) is 32.2 Å². The van der Waals surface area contributed by atoms with Crippen molar-refractivity contribution in [2.45, 2.75) is 45.5 Å². The van der Waals surface area contributed by atoms with Crippen LogP contribution >= 0.6 is 0 Å². The first kappa shape index (κ1) is 38.4. The highest BCUT2D eigenvalue weighted by Gasteiger charge is 2.39. The van der Waals surface area contributed by atoms with Crippen molar-refractivity contribution in [2.24, 2.45) is 5.92 Å². The third-order valence-corrected chi connectivity index (χ3v) is 10.0. The zero-order chi connectivity index (χ0) is 38.0. The predicted molar refractivity (Wildman–Crippen MR) is 203 cm³/mol. The number of nitro groups is 1. The summed E-state index contributed by atoms with van der Waals surface area (Å²) < 4.78 is 18.3. The molecule has 0 saturated carbocycles. The van der Waals surface area contributed by atoms with Gasteiger partial charge in [0.15, 0.2) is 6.29 Å². The summed E-state index contributed by atoms with van der Waals surface area (Å²) in [7, 11) is 0. The number of nitro benzene ring substituents is 1. The summed E-state index contributed by atoms with van der Waals surface area (Å²) in [5.74, 6) is -0.465. The van der Waals surface area contributed by atoms with E-state index in [4.69, 9.17) is 14.2 Å². The number of rotatable bonds is 13. The number of anilines is 1. The van der Waals surface area contributed by atoms with Gasteiger partial charge in [-0.05, 0) is 46.9 Å². The van der Waals surface area contributed by atoms with Crippen molar-refractivity contribution in [3.05, 3.63) is 129 Å². The first-order valence-electron chi connectivity index (χ1n) is 18.3. The number of piperazine rings is 1. The lowest BCUT2D eigenvalue weighted by Gasteiger charge is -2.44. The van der Waals surface area contributed by atoms with Crippen molar-refractivity contribution >= 4 is 23.4 Å². The van der Waals surface area contributed by atoms with Gasteiger partial charge >= 0.3 is 12.0 Å². The number of aliphatic hydroxyl groups is 1. The van der Waals surface area contributed by atoms with E-state index in [1.54, 1.807) is 19.1 Å². The minimum atomic E-state index is -0.621. The fourth-order valence-corrected chi connectivity index (χ4v) is 6.93. The van der Waals surface area contributed by atoms with Crippen LogP contribution in [-0.4, -0.2) is 78.9 Å². The molecule has 2 heterocycles. The minimum Gasteiger partial charge on any atom is -0.465 e. The number of esters is 1. The summed E-state index contributed by atoms with van der Waals surface area (Å²) in [4.78, 5) is 39.3. The zero-order valence-corrected chi connectivity index (χ0v) is 30.6. The van der Waals surface area contributed by atoms with Crippen LogP contribution in [0.2, 0.25) is 0 Å². The van der Waals surface area contributed by atoms with E-state index < -0.39 is 18.3 Å². The molecular formula is C41H47N5O8. The molecular weight excluding hydrogens is 690 g/mol. The Morgan fingerprint density at radius 2 is 1.57 bits per heavy atom. The lowest BCUT2D eigenvalue weighted by atomic mass is 9.89. The number of ether oxygens (including phenoxy) is 3. The molecule has 2 saturated heterocycles. The Morgan fingerprint density at radius 3 is 2.24 bits per heavy atom. The van der Waals surface area contributed by atoms with Crippen molar-refractivity contribution in [3.8, 4) is 11.1 Å². The third-order valence-electron chi connectivity index (χ3n) is 10.0. The average molecular weight is 738 g/mol. The zero-order valence-electron chi connectivity index (χ0n) is 30.6. The van der Waals surface area contributed by atoms with E-state index in [1.807, 2.05) is 84.9 Å². The first-order chi connectivity index (χ1) is 26.2. The summed E-state index contributed by atoms with van der Waals surface area (Å²) in [5, 5.41) is 26.1. The number of carbonyl (C=O) groups excluding carboxylic acids is 2. The molecule has 13 heteroatoms. The van der Waals surface area contributed by atoms with Crippen LogP contribution < -0.4 is 15.5 Å². The van der Waals surface area contributed by atoms with Crippen LogP contribution in [0.1, 0.15) is 48.5 Å². The van der Waals surface area contributed by atoms with Crippen LogP contribution in [0, 0.1) is 16.0 Å². The van der Waals surface area contributed by atoms with E-state index in [0.717, 1.165) is 65.2 Å². The molecule has 6 rings (SSSR count). The highest BCUT2D eigenvalue weighted by Crippen LogP contribution is 2.42.